The Morgan fingerprint density at radius 3 is 2.62 bits per heavy atom. The predicted octanol–water partition coefficient (Wildman–Crippen LogP) is 1.31. The molecule has 1 fully saturated rings. The molecule has 1 N–H and O–H groups in total. The summed E-state index contributed by atoms with van der Waals surface area (Å²) in [6.45, 7) is 2.64. The Labute approximate surface area is 122 Å². The van der Waals surface area contributed by atoms with E-state index in [9.17, 15) is 17.2 Å². The SMILES string of the molecule is CC1CN(S(=O)(=O)c2ccc(OCC(F)F)cc2)CCN1. The van der Waals surface area contributed by atoms with E-state index in [0.29, 0.717) is 19.6 Å². The number of piperazine rings is 1. The molecule has 0 bridgehead atoms. The predicted molar refractivity (Wildman–Crippen MR) is 74.2 cm³/mol. The summed E-state index contributed by atoms with van der Waals surface area (Å²) < 4.78 is 55.2. The van der Waals surface area contributed by atoms with Crippen molar-refractivity contribution in [3.8, 4) is 5.75 Å². The van der Waals surface area contributed by atoms with Crippen LogP contribution in [0.3, 0.4) is 0 Å². The van der Waals surface area contributed by atoms with Gasteiger partial charge in [-0.3, -0.25) is 0 Å². The lowest BCUT2D eigenvalue weighted by atomic mass is 10.3. The summed E-state index contributed by atoms with van der Waals surface area (Å²) in [6.07, 6.45) is -2.56. The van der Waals surface area contributed by atoms with Crippen LogP contribution in [0.1, 0.15) is 6.92 Å². The smallest absolute Gasteiger partial charge is 0.272 e. The van der Waals surface area contributed by atoms with E-state index >= 15 is 0 Å². The van der Waals surface area contributed by atoms with Gasteiger partial charge in [-0.2, -0.15) is 4.31 Å². The molecule has 0 saturated carbocycles. The highest BCUT2D eigenvalue weighted by atomic mass is 32.2. The second-order valence-corrected chi connectivity index (χ2v) is 6.83. The Bertz CT molecular complexity index is 563. The summed E-state index contributed by atoms with van der Waals surface area (Å²) in [5.41, 5.74) is 0. The number of alkyl halides is 2. The topological polar surface area (TPSA) is 58.6 Å². The van der Waals surface area contributed by atoms with Gasteiger partial charge in [0.2, 0.25) is 10.0 Å². The highest BCUT2D eigenvalue weighted by Gasteiger charge is 2.28. The van der Waals surface area contributed by atoms with Crippen LogP contribution in [0.25, 0.3) is 0 Å². The van der Waals surface area contributed by atoms with Crippen molar-refractivity contribution >= 4 is 10.0 Å². The van der Waals surface area contributed by atoms with E-state index in [0.717, 1.165) is 0 Å². The van der Waals surface area contributed by atoms with Gasteiger partial charge in [0.25, 0.3) is 6.43 Å². The zero-order valence-corrected chi connectivity index (χ0v) is 12.4. The first-order valence-corrected chi connectivity index (χ1v) is 8.08. The molecule has 5 nitrogen and oxygen atoms in total. The molecule has 0 amide bonds. The summed E-state index contributed by atoms with van der Waals surface area (Å²) >= 11 is 0. The van der Waals surface area contributed by atoms with Crippen LogP contribution in [-0.4, -0.2) is 51.4 Å². The van der Waals surface area contributed by atoms with E-state index in [1.807, 2.05) is 6.92 Å². The van der Waals surface area contributed by atoms with Gasteiger partial charge in [-0.15, -0.1) is 0 Å². The average Bonchev–Trinajstić information content (AvgIpc) is 2.45. The summed E-state index contributed by atoms with van der Waals surface area (Å²) in [5, 5.41) is 3.17. The van der Waals surface area contributed by atoms with Gasteiger partial charge in [0.15, 0.2) is 0 Å². The maximum absolute atomic E-state index is 12.4. The number of hydrogen-bond acceptors (Lipinski definition) is 4. The zero-order chi connectivity index (χ0) is 15.5. The van der Waals surface area contributed by atoms with Gasteiger partial charge in [-0.05, 0) is 31.2 Å². The second-order valence-electron chi connectivity index (χ2n) is 4.89. The molecule has 0 aromatic heterocycles. The van der Waals surface area contributed by atoms with E-state index in [4.69, 9.17) is 4.74 Å². The summed E-state index contributed by atoms with van der Waals surface area (Å²) in [6, 6.07) is 5.63. The van der Waals surface area contributed by atoms with Gasteiger partial charge in [0.05, 0.1) is 4.90 Å². The first-order valence-electron chi connectivity index (χ1n) is 6.64. The molecular weight excluding hydrogens is 302 g/mol. The second kappa shape index (κ2) is 6.67. The van der Waals surface area contributed by atoms with Crippen molar-refractivity contribution in [2.75, 3.05) is 26.2 Å². The molecule has 21 heavy (non-hydrogen) atoms. The molecule has 1 aromatic rings. The molecule has 1 unspecified atom stereocenters. The molecular formula is C13H18F2N2O3S. The first kappa shape index (κ1) is 16.1. The summed E-state index contributed by atoms with van der Waals surface area (Å²) in [4.78, 5) is 0.140. The van der Waals surface area contributed by atoms with Gasteiger partial charge in [0, 0.05) is 25.7 Å². The minimum atomic E-state index is -3.55. The maximum Gasteiger partial charge on any atom is 0.272 e. The van der Waals surface area contributed by atoms with Crippen molar-refractivity contribution in [1.29, 1.82) is 0 Å². The molecule has 0 aliphatic carbocycles. The fourth-order valence-corrected chi connectivity index (χ4v) is 3.66. The number of benzene rings is 1. The van der Waals surface area contributed by atoms with Crippen LogP contribution in [-0.2, 0) is 10.0 Å². The maximum atomic E-state index is 12.4. The highest BCUT2D eigenvalue weighted by molar-refractivity contribution is 7.89. The minimum Gasteiger partial charge on any atom is -0.488 e. The van der Waals surface area contributed by atoms with E-state index in [1.54, 1.807) is 0 Å². The summed E-state index contributed by atoms with van der Waals surface area (Å²) in [5.74, 6) is 0.225. The normalized spacial score (nSPS) is 20.7. The van der Waals surface area contributed by atoms with Crippen molar-refractivity contribution < 1.29 is 21.9 Å². The van der Waals surface area contributed by atoms with Crippen LogP contribution in [0.5, 0.6) is 5.75 Å². The fourth-order valence-electron chi connectivity index (χ4n) is 2.13. The monoisotopic (exact) mass is 320 g/mol. The Hall–Kier alpha value is -1.25. The van der Waals surface area contributed by atoms with Crippen molar-refractivity contribution in [2.24, 2.45) is 0 Å². The van der Waals surface area contributed by atoms with Gasteiger partial charge in [-0.1, -0.05) is 0 Å². The van der Waals surface area contributed by atoms with E-state index in [1.165, 1.54) is 28.6 Å². The molecule has 1 aliphatic heterocycles. The van der Waals surface area contributed by atoms with Crippen molar-refractivity contribution in [3.05, 3.63) is 24.3 Å². The van der Waals surface area contributed by atoms with Crippen molar-refractivity contribution in [2.45, 2.75) is 24.3 Å². The molecule has 1 heterocycles. The quantitative estimate of drug-likeness (QED) is 0.889. The Kier molecular flexibility index (Phi) is 5.13. The lowest BCUT2D eigenvalue weighted by molar-refractivity contribution is 0.0819. The van der Waals surface area contributed by atoms with Crippen LogP contribution in [0.2, 0.25) is 0 Å². The van der Waals surface area contributed by atoms with Crippen molar-refractivity contribution in [1.82, 2.24) is 9.62 Å². The van der Waals surface area contributed by atoms with Gasteiger partial charge in [0.1, 0.15) is 12.4 Å². The third-order valence-corrected chi connectivity index (χ3v) is 5.05. The molecule has 1 aliphatic rings. The molecule has 0 radical (unpaired) electrons. The van der Waals surface area contributed by atoms with Gasteiger partial charge in [-0.25, -0.2) is 17.2 Å². The number of ether oxygens (including phenoxy) is 1. The molecule has 1 saturated heterocycles. The van der Waals surface area contributed by atoms with Crippen LogP contribution < -0.4 is 10.1 Å². The fraction of sp³-hybridized carbons (Fsp3) is 0.538. The Morgan fingerprint density at radius 1 is 1.38 bits per heavy atom. The number of rotatable bonds is 5. The van der Waals surface area contributed by atoms with Crippen LogP contribution in [0.15, 0.2) is 29.2 Å². The van der Waals surface area contributed by atoms with E-state index in [-0.39, 0.29) is 16.7 Å². The molecule has 118 valence electrons. The molecule has 1 atom stereocenters. The third kappa shape index (κ3) is 4.12. The lowest BCUT2D eigenvalue weighted by Gasteiger charge is -2.31. The zero-order valence-electron chi connectivity index (χ0n) is 11.6. The molecule has 2 rings (SSSR count). The molecule has 8 heteroatoms. The van der Waals surface area contributed by atoms with E-state index in [2.05, 4.69) is 5.32 Å². The van der Waals surface area contributed by atoms with Crippen molar-refractivity contribution in [3.63, 3.8) is 0 Å². The minimum absolute atomic E-state index is 0.0992. The Morgan fingerprint density at radius 2 is 2.05 bits per heavy atom. The Balaban J connectivity index is 2.09. The summed E-state index contributed by atoms with van der Waals surface area (Å²) in [7, 11) is -3.55. The van der Waals surface area contributed by atoms with E-state index < -0.39 is 23.1 Å². The van der Waals surface area contributed by atoms with Crippen LogP contribution >= 0.6 is 0 Å². The highest BCUT2D eigenvalue weighted by Crippen LogP contribution is 2.21. The lowest BCUT2D eigenvalue weighted by Crippen LogP contribution is -2.51. The molecule has 0 spiro atoms. The van der Waals surface area contributed by atoms with Crippen LogP contribution in [0.4, 0.5) is 8.78 Å². The number of nitrogens with one attached hydrogen (secondary N) is 1. The van der Waals surface area contributed by atoms with Gasteiger partial charge < -0.3 is 10.1 Å². The van der Waals surface area contributed by atoms with Crippen LogP contribution in [0, 0.1) is 0 Å². The standard InChI is InChI=1S/C13H18F2N2O3S/c1-10-8-17(7-6-16-10)21(18,19)12-4-2-11(3-5-12)20-9-13(14)15/h2-5,10,13,16H,6-9H2,1H3. The largest absolute Gasteiger partial charge is 0.488 e. The number of nitrogens with zero attached hydrogens (tertiary/aromatic N) is 1. The van der Waals surface area contributed by atoms with Gasteiger partial charge >= 0.3 is 0 Å². The average molecular weight is 320 g/mol. The number of sulfonamides is 1. The molecule has 1 aromatic carbocycles. The number of halogens is 2. The number of hydrogen-bond donors (Lipinski definition) is 1. The first-order chi connectivity index (χ1) is 9.89. The third-order valence-electron chi connectivity index (χ3n) is 3.17.